The highest BCUT2D eigenvalue weighted by molar-refractivity contribution is 8.13. The van der Waals surface area contributed by atoms with Gasteiger partial charge in [0.05, 0.1) is 16.2 Å². The van der Waals surface area contributed by atoms with E-state index >= 15 is 0 Å². The molecule has 0 fully saturated rings. The molecule has 0 saturated carbocycles. The summed E-state index contributed by atoms with van der Waals surface area (Å²) in [4.78, 5) is 11.3. The van der Waals surface area contributed by atoms with Crippen LogP contribution in [0.1, 0.15) is 17.3 Å². The van der Waals surface area contributed by atoms with Crippen LogP contribution in [-0.2, 0) is 18.9 Å². The standard InChI is InChI=1S/C11H13ClFNO5S2/c1-7(6-20(2,16)17)14-11(15)9-4-3-8(5-10(9)13)21(12,18)19/h3-5,7H,6H2,1-2H3,(H,14,15). The van der Waals surface area contributed by atoms with Crippen molar-refractivity contribution in [2.45, 2.75) is 17.9 Å². The summed E-state index contributed by atoms with van der Waals surface area (Å²) in [7, 11) is -2.33. The van der Waals surface area contributed by atoms with Gasteiger partial charge < -0.3 is 5.32 Å². The molecule has 10 heteroatoms. The summed E-state index contributed by atoms with van der Waals surface area (Å²) >= 11 is 0. The molecule has 0 aliphatic rings. The Hall–Kier alpha value is -1.19. The molecule has 0 radical (unpaired) electrons. The van der Waals surface area contributed by atoms with Crippen LogP contribution in [0.5, 0.6) is 0 Å². The van der Waals surface area contributed by atoms with E-state index < -0.39 is 47.1 Å². The summed E-state index contributed by atoms with van der Waals surface area (Å²) in [5, 5.41) is 2.31. The first kappa shape index (κ1) is 17.9. The Labute approximate surface area is 126 Å². The topological polar surface area (TPSA) is 97.4 Å². The van der Waals surface area contributed by atoms with Gasteiger partial charge in [0.15, 0.2) is 0 Å². The molecule has 1 rings (SSSR count). The summed E-state index contributed by atoms with van der Waals surface area (Å²) in [5.74, 6) is -2.21. The molecule has 1 atom stereocenters. The molecule has 0 spiro atoms. The lowest BCUT2D eigenvalue weighted by atomic mass is 10.2. The van der Waals surface area contributed by atoms with Crippen molar-refractivity contribution in [1.29, 1.82) is 0 Å². The number of benzene rings is 1. The summed E-state index contributed by atoms with van der Waals surface area (Å²) in [6.45, 7) is 1.45. The fraction of sp³-hybridized carbons (Fsp3) is 0.364. The number of hydrogen-bond donors (Lipinski definition) is 1. The normalized spacial score (nSPS) is 13.7. The zero-order valence-corrected chi connectivity index (χ0v) is 13.5. The molecule has 0 saturated heterocycles. The van der Waals surface area contributed by atoms with Crippen molar-refractivity contribution < 1.29 is 26.0 Å². The first-order valence-corrected chi connectivity index (χ1v) is 10.00. The van der Waals surface area contributed by atoms with Crippen molar-refractivity contribution >= 4 is 35.5 Å². The molecule has 0 aliphatic heterocycles. The molecule has 0 aliphatic carbocycles. The lowest BCUT2D eigenvalue weighted by Gasteiger charge is -2.13. The molecule has 1 aromatic rings. The van der Waals surface area contributed by atoms with Gasteiger partial charge in [0.1, 0.15) is 15.7 Å². The Bertz CT molecular complexity index is 761. The molecule has 1 amide bonds. The maximum absolute atomic E-state index is 13.7. The molecular weight excluding hydrogens is 345 g/mol. The second-order valence-corrected chi connectivity index (χ2v) is 9.30. The Morgan fingerprint density at radius 2 is 1.90 bits per heavy atom. The molecule has 0 heterocycles. The summed E-state index contributed by atoms with van der Waals surface area (Å²) < 4.78 is 57.9. The zero-order valence-electron chi connectivity index (χ0n) is 11.1. The lowest BCUT2D eigenvalue weighted by Crippen LogP contribution is -2.37. The largest absolute Gasteiger partial charge is 0.348 e. The van der Waals surface area contributed by atoms with Crippen LogP contribution in [0.4, 0.5) is 4.39 Å². The highest BCUT2D eigenvalue weighted by Crippen LogP contribution is 2.18. The van der Waals surface area contributed by atoms with Gasteiger partial charge in [-0.25, -0.2) is 21.2 Å². The molecule has 0 bridgehead atoms. The van der Waals surface area contributed by atoms with E-state index in [1.54, 1.807) is 0 Å². The van der Waals surface area contributed by atoms with Gasteiger partial charge in [-0.2, -0.15) is 0 Å². The number of carbonyl (C=O) groups is 1. The van der Waals surface area contributed by atoms with Gasteiger partial charge >= 0.3 is 0 Å². The van der Waals surface area contributed by atoms with E-state index in [0.717, 1.165) is 18.4 Å². The van der Waals surface area contributed by atoms with Gasteiger partial charge in [-0.1, -0.05) is 0 Å². The third-order valence-corrected chi connectivity index (χ3v) is 4.85. The number of rotatable bonds is 5. The zero-order chi connectivity index (χ0) is 16.4. The van der Waals surface area contributed by atoms with Gasteiger partial charge in [-0.3, -0.25) is 4.79 Å². The summed E-state index contributed by atoms with van der Waals surface area (Å²) in [6, 6.07) is 1.86. The first-order valence-electron chi connectivity index (χ1n) is 5.63. The fourth-order valence-corrected chi connectivity index (χ4v) is 3.38. The van der Waals surface area contributed by atoms with E-state index in [1.807, 2.05) is 0 Å². The minimum Gasteiger partial charge on any atom is -0.348 e. The number of amides is 1. The van der Waals surface area contributed by atoms with Crippen molar-refractivity contribution in [2.24, 2.45) is 0 Å². The van der Waals surface area contributed by atoms with Gasteiger partial charge in [0.25, 0.3) is 15.0 Å². The quantitative estimate of drug-likeness (QED) is 0.790. The van der Waals surface area contributed by atoms with Crippen LogP contribution in [-0.4, -0.2) is 40.8 Å². The average Bonchev–Trinajstić information content (AvgIpc) is 2.24. The van der Waals surface area contributed by atoms with Crippen molar-refractivity contribution in [3.8, 4) is 0 Å². The monoisotopic (exact) mass is 357 g/mol. The maximum Gasteiger partial charge on any atom is 0.261 e. The lowest BCUT2D eigenvalue weighted by molar-refractivity contribution is 0.0939. The average molecular weight is 358 g/mol. The van der Waals surface area contributed by atoms with E-state index in [1.165, 1.54) is 6.92 Å². The van der Waals surface area contributed by atoms with Crippen LogP contribution in [0, 0.1) is 5.82 Å². The molecule has 118 valence electrons. The minimum absolute atomic E-state index is 0.297. The van der Waals surface area contributed by atoms with Crippen LogP contribution in [0.25, 0.3) is 0 Å². The molecular formula is C11H13ClFNO5S2. The summed E-state index contributed by atoms with van der Waals surface area (Å²) in [5.41, 5.74) is -0.403. The SMILES string of the molecule is CC(CS(C)(=O)=O)NC(=O)c1ccc(S(=O)(=O)Cl)cc1F. The van der Waals surface area contributed by atoms with Gasteiger partial charge in [0.2, 0.25) is 0 Å². The highest BCUT2D eigenvalue weighted by Gasteiger charge is 2.19. The number of sulfone groups is 1. The fourth-order valence-electron chi connectivity index (χ4n) is 1.63. The van der Waals surface area contributed by atoms with Crippen LogP contribution < -0.4 is 5.32 Å². The molecule has 1 unspecified atom stereocenters. The van der Waals surface area contributed by atoms with E-state index in [9.17, 15) is 26.0 Å². The maximum atomic E-state index is 13.7. The third-order valence-electron chi connectivity index (χ3n) is 2.40. The number of carbonyl (C=O) groups excluding carboxylic acids is 1. The number of nitrogens with one attached hydrogen (secondary N) is 1. The molecule has 1 N–H and O–H groups in total. The van der Waals surface area contributed by atoms with Crippen molar-refractivity contribution in [2.75, 3.05) is 12.0 Å². The Morgan fingerprint density at radius 1 is 1.33 bits per heavy atom. The molecule has 21 heavy (non-hydrogen) atoms. The second-order valence-electron chi connectivity index (χ2n) is 4.55. The van der Waals surface area contributed by atoms with E-state index in [4.69, 9.17) is 10.7 Å². The Kier molecular flexibility index (Phi) is 5.35. The van der Waals surface area contributed by atoms with E-state index in [2.05, 4.69) is 5.32 Å². The Balaban J connectivity index is 2.94. The van der Waals surface area contributed by atoms with Crippen molar-refractivity contribution in [1.82, 2.24) is 5.32 Å². The molecule has 0 aromatic heterocycles. The second kappa shape index (κ2) is 6.29. The minimum atomic E-state index is -4.09. The van der Waals surface area contributed by atoms with Gasteiger partial charge in [-0.05, 0) is 25.1 Å². The number of hydrogen-bond acceptors (Lipinski definition) is 5. The van der Waals surface area contributed by atoms with E-state index in [-0.39, 0.29) is 5.75 Å². The van der Waals surface area contributed by atoms with Crippen LogP contribution in [0.15, 0.2) is 23.1 Å². The number of halogens is 2. The predicted octanol–water partition coefficient (Wildman–Crippen LogP) is 0.916. The molecule has 6 nitrogen and oxygen atoms in total. The van der Waals surface area contributed by atoms with Crippen molar-refractivity contribution in [3.63, 3.8) is 0 Å². The first-order chi connectivity index (χ1) is 9.40. The van der Waals surface area contributed by atoms with Crippen LogP contribution in [0.2, 0.25) is 0 Å². The smallest absolute Gasteiger partial charge is 0.261 e. The van der Waals surface area contributed by atoms with Crippen molar-refractivity contribution in [3.05, 3.63) is 29.6 Å². The van der Waals surface area contributed by atoms with Crippen LogP contribution >= 0.6 is 10.7 Å². The van der Waals surface area contributed by atoms with Gasteiger partial charge in [-0.15, -0.1) is 0 Å². The van der Waals surface area contributed by atoms with E-state index in [0.29, 0.717) is 6.07 Å². The highest BCUT2D eigenvalue weighted by atomic mass is 35.7. The predicted molar refractivity (Wildman–Crippen MR) is 76.1 cm³/mol. The van der Waals surface area contributed by atoms with Crippen LogP contribution in [0.3, 0.4) is 0 Å². The third kappa shape index (κ3) is 5.60. The van der Waals surface area contributed by atoms with Gasteiger partial charge in [0, 0.05) is 23.0 Å². The molecule has 1 aromatic carbocycles. The summed E-state index contributed by atoms with van der Waals surface area (Å²) in [6.07, 6.45) is 1.01. The Morgan fingerprint density at radius 3 is 2.33 bits per heavy atom.